The molecule has 44 valence electrons. The molecule has 0 saturated carbocycles. The lowest BCUT2D eigenvalue weighted by molar-refractivity contribution is 0.431. The summed E-state index contributed by atoms with van der Waals surface area (Å²) in [4.78, 5) is 0. The molecule has 0 amide bonds. The van der Waals surface area contributed by atoms with Crippen molar-refractivity contribution >= 4 is 0 Å². The standard InChI is InChI=1S/C6H8O2/c1(5-3-7-5)2-6-4-8-6/h1-2,5-6H,3-4H2/b2-1-. The largest absolute Gasteiger partial charge is 0.369 e. The Labute approximate surface area is 48.1 Å². The SMILES string of the molecule is C(=C/C1CO1)/C1CO1. The molecule has 2 heteroatoms. The predicted octanol–water partition coefficient (Wildman–Crippen LogP) is 0.340. The third-order valence-corrected chi connectivity index (χ3v) is 1.26. The first-order valence-electron chi connectivity index (χ1n) is 2.87. The summed E-state index contributed by atoms with van der Waals surface area (Å²) >= 11 is 0. The summed E-state index contributed by atoms with van der Waals surface area (Å²) in [5.41, 5.74) is 0. The van der Waals surface area contributed by atoms with E-state index >= 15 is 0 Å². The molecular formula is C6H8O2. The van der Waals surface area contributed by atoms with Crippen molar-refractivity contribution in [2.24, 2.45) is 0 Å². The van der Waals surface area contributed by atoms with Crippen LogP contribution in [0.5, 0.6) is 0 Å². The zero-order chi connectivity index (χ0) is 5.40. The van der Waals surface area contributed by atoms with E-state index in [4.69, 9.17) is 9.47 Å². The smallest absolute Gasteiger partial charge is 0.0992 e. The first-order chi connectivity index (χ1) is 3.95. The van der Waals surface area contributed by atoms with Crippen LogP contribution in [-0.4, -0.2) is 25.4 Å². The van der Waals surface area contributed by atoms with Crippen LogP contribution in [0.3, 0.4) is 0 Å². The van der Waals surface area contributed by atoms with Gasteiger partial charge in [-0.05, 0) is 0 Å². The van der Waals surface area contributed by atoms with E-state index in [0.717, 1.165) is 13.2 Å². The van der Waals surface area contributed by atoms with Crippen molar-refractivity contribution in [2.45, 2.75) is 12.2 Å². The molecule has 2 aliphatic rings. The van der Waals surface area contributed by atoms with Gasteiger partial charge in [0.2, 0.25) is 0 Å². The van der Waals surface area contributed by atoms with Crippen LogP contribution in [0.4, 0.5) is 0 Å². The minimum absolute atomic E-state index is 0.416. The van der Waals surface area contributed by atoms with E-state index in [0.29, 0.717) is 12.2 Å². The normalized spacial score (nSPS) is 43.0. The van der Waals surface area contributed by atoms with Crippen LogP contribution >= 0.6 is 0 Å². The van der Waals surface area contributed by atoms with E-state index in [1.807, 2.05) is 0 Å². The van der Waals surface area contributed by atoms with Crippen LogP contribution in [0.1, 0.15) is 0 Å². The lowest BCUT2D eigenvalue weighted by atomic mass is 10.3. The van der Waals surface area contributed by atoms with Crippen molar-refractivity contribution < 1.29 is 9.47 Å². The molecule has 0 bridgehead atoms. The average molecular weight is 112 g/mol. The molecule has 2 saturated heterocycles. The molecule has 2 nitrogen and oxygen atoms in total. The molecule has 0 aliphatic carbocycles. The minimum Gasteiger partial charge on any atom is -0.369 e. The first kappa shape index (κ1) is 4.53. The van der Waals surface area contributed by atoms with Crippen LogP contribution in [0, 0.1) is 0 Å². The highest BCUT2D eigenvalue weighted by molar-refractivity contribution is 5.02. The molecular weight excluding hydrogens is 104 g/mol. The molecule has 2 rings (SSSR count). The molecule has 0 aromatic rings. The summed E-state index contributed by atoms with van der Waals surface area (Å²) < 4.78 is 9.89. The molecule has 2 heterocycles. The summed E-state index contributed by atoms with van der Waals surface area (Å²) in [6.07, 6.45) is 4.97. The maximum atomic E-state index is 4.94. The van der Waals surface area contributed by atoms with E-state index in [1.165, 1.54) is 0 Å². The Balaban J connectivity index is 1.76. The second-order valence-electron chi connectivity index (χ2n) is 2.13. The predicted molar refractivity (Wildman–Crippen MR) is 28.6 cm³/mol. The van der Waals surface area contributed by atoms with E-state index in [1.54, 1.807) is 0 Å². The van der Waals surface area contributed by atoms with Crippen LogP contribution in [0.25, 0.3) is 0 Å². The molecule has 2 aliphatic heterocycles. The van der Waals surface area contributed by atoms with Crippen LogP contribution in [0.2, 0.25) is 0 Å². The number of epoxide rings is 2. The van der Waals surface area contributed by atoms with Gasteiger partial charge in [0.25, 0.3) is 0 Å². The molecule has 8 heavy (non-hydrogen) atoms. The molecule has 2 fully saturated rings. The lowest BCUT2D eigenvalue weighted by Gasteiger charge is -1.73. The third-order valence-electron chi connectivity index (χ3n) is 1.26. The van der Waals surface area contributed by atoms with Gasteiger partial charge in [0.05, 0.1) is 25.4 Å². The Morgan fingerprint density at radius 1 is 1.00 bits per heavy atom. The zero-order valence-corrected chi connectivity index (χ0v) is 4.54. The van der Waals surface area contributed by atoms with Gasteiger partial charge < -0.3 is 9.47 Å². The molecule has 0 N–H and O–H groups in total. The number of hydrogen-bond acceptors (Lipinski definition) is 2. The fourth-order valence-electron chi connectivity index (χ4n) is 0.581. The highest BCUT2D eigenvalue weighted by Gasteiger charge is 2.22. The minimum atomic E-state index is 0.416. The van der Waals surface area contributed by atoms with Gasteiger partial charge in [0.15, 0.2) is 0 Å². The fourth-order valence-corrected chi connectivity index (χ4v) is 0.581. The lowest BCUT2D eigenvalue weighted by Crippen LogP contribution is -1.78. The molecule has 0 spiro atoms. The van der Waals surface area contributed by atoms with Crippen molar-refractivity contribution in [3.8, 4) is 0 Å². The van der Waals surface area contributed by atoms with Gasteiger partial charge in [0, 0.05) is 0 Å². The number of hydrogen-bond donors (Lipinski definition) is 0. The summed E-state index contributed by atoms with van der Waals surface area (Å²) in [5.74, 6) is 0. The quantitative estimate of drug-likeness (QED) is 0.380. The van der Waals surface area contributed by atoms with Crippen molar-refractivity contribution in [2.75, 3.05) is 13.2 Å². The van der Waals surface area contributed by atoms with Gasteiger partial charge in [-0.1, -0.05) is 12.2 Å². The van der Waals surface area contributed by atoms with Gasteiger partial charge in [0.1, 0.15) is 0 Å². The molecule has 0 aromatic carbocycles. The van der Waals surface area contributed by atoms with Gasteiger partial charge >= 0.3 is 0 Å². The van der Waals surface area contributed by atoms with E-state index < -0.39 is 0 Å². The van der Waals surface area contributed by atoms with E-state index in [2.05, 4.69) is 12.2 Å². The first-order valence-corrected chi connectivity index (χ1v) is 2.87. The Hall–Kier alpha value is -0.340. The third kappa shape index (κ3) is 1.08. The maximum Gasteiger partial charge on any atom is 0.0992 e. The van der Waals surface area contributed by atoms with Gasteiger partial charge in [-0.15, -0.1) is 0 Å². The van der Waals surface area contributed by atoms with E-state index in [-0.39, 0.29) is 0 Å². The van der Waals surface area contributed by atoms with Crippen LogP contribution in [0.15, 0.2) is 12.2 Å². The Bertz CT molecular complexity index is 97.7. The summed E-state index contributed by atoms with van der Waals surface area (Å²) in [5, 5.41) is 0. The topological polar surface area (TPSA) is 25.1 Å². The molecule has 0 radical (unpaired) electrons. The Kier molecular flexibility index (Phi) is 0.889. The molecule has 0 aromatic heterocycles. The Morgan fingerprint density at radius 3 is 1.62 bits per heavy atom. The van der Waals surface area contributed by atoms with Crippen molar-refractivity contribution in [3.05, 3.63) is 12.2 Å². The van der Waals surface area contributed by atoms with Crippen molar-refractivity contribution in [3.63, 3.8) is 0 Å². The van der Waals surface area contributed by atoms with Gasteiger partial charge in [-0.25, -0.2) is 0 Å². The molecule has 2 atom stereocenters. The van der Waals surface area contributed by atoms with Crippen molar-refractivity contribution in [1.82, 2.24) is 0 Å². The maximum absolute atomic E-state index is 4.94. The van der Waals surface area contributed by atoms with Crippen LogP contribution < -0.4 is 0 Å². The van der Waals surface area contributed by atoms with E-state index in [9.17, 15) is 0 Å². The van der Waals surface area contributed by atoms with Gasteiger partial charge in [-0.2, -0.15) is 0 Å². The highest BCUT2D eigenvalue weighted by Crippen LogP contribution is 2.15. The van der Waals surface area contributed by atoms with Crippen LogP contribution in [-0.2, 0) is 9.47 Å². The number of rotatable bonds is 2. The summed E-state index contributed by atoms with van der Waals surface area (Å²) in [6.45, 7) is 1.81. The molecule has 2 unspecified atom stereocenters. The highest BCUT2D eigenvalue weighted by atomic mass is 16.6. The Morgan fingerprint density at radius 2 is 1.38 bits per heavy atom. The average Bonchev–Trinajstić information content (AvgIpc) is 2.60. The fraction of sp³-hybridized carbons (Fsp3) is 0.667. The zero-order valence-electron chi connectivity index (χ0n) is 4.54. The summed E-state index contributed by atoms with van der Waals surface area (Å²) in [6, 6.07) is 0. The number of ether oxygens (including phenoxy) is 2. The van der Waals surface area contributed by atoms with Crippen molar-refractivity contribution in [1.29, 1.82) is 0 Å². The monoisotopic (exact) mass is 112 g/mol. The summed E-state index contributed by atoms with van der Waals surface area (Å²) in [7, 11) is 0. The second-order valence-corrected chi connectivity index (χ2v) is 2.13. The second kappa shape index (κ2) is 1.57. The van der Waals surface area contributed by atoms with Gasteiger partial charge in [-0.3, -0.25) is 0 Å².